The number of alkyl halides is 3. The van der Waals surface area contributed by atoms with Crippen LogP contribution in [0.2, 0.25) is 5.02 Å². The highest BCUT2D eigenvalue weighted by Crippen LogP contribution is 2.30. The lowest BCUT2D eigenvalue weighted by atomic mass is 10.1. The Hall–Kier alpha value is -3.78. The molecule has 0 saturated heterocycles. The van der Waals surface area contributed by atoms with Crippen molar-refractivity contribution in [3.05, 3.63) is 100 Å². The fraction of sp³-hybridized carbons (Fsp3) is 0.0833. The van der Waals surface area contributed by atoms with Gasteiger partial charge in [0, 0.05) is 22.5 Å². The first-order valence-corrected chi connectivity index (χ1v) is 10.1. The van der Waals surface area contributed by atoms with Gasteiger partial charge in [0.25, 0.3) is 5.91 Å². The van der Waals surface area contributed by atoms with Crippen LogP contribution in [-0.2, 0) is 12.7 Å². The van der Waals surface area contributed by atoms with E-state index in [1.807, 2.05) is 0 Å². The molecule has 4 aromatic rings. The Balaban J connectivity index is 1.73. The highest BCUT2D eigenvalue weighted by molar-refractivity contribution is 6.31. The van der Waals surface area contributed by atoms with E-state index in [9.17, 15) is 27.9 Å². The molecule has 2 N–H and O–H groups in total. The molecule has 0 bridgehead atoms. The number of anilines is 1. The van der Waals surface area contributed by atoms with Crippen molar-refractivity contribution in [3.8, 4) is 0 Å². The summed E-state index contributed by atoms with van der Waals surface area (Å²) < 4.78 is 40.3. The van der Waals surface area contributed by atoms with Crippen LogP contribution in [0.25, 0.3) is 10.9 Å². The van der Waals surface area contributed by atoms with Crippen molar-refractivity contribution in [2.75, 3.05) is 5.32 Å². The summed E-state index contributed by atoms with van der Waals surface area (Å²) in [6.45, 7) is 0.118. The van der Waals surface area contributed by atoms with Gasteiger partial charge in [0.1, 0.15) is 5.69 Å². The lowest BCUT2D eigenvalue weighted by Crippen LogP contribution is -2.19. The van der Waals surface area contributed by atoms with Gasteiger partial charge in [0.05, 0.1) is 16.8 Å². The quantitative estimate of drug-likeness (QED) is 0.357. The molecule has 0 aliphatic rings. The molecule has 1 heterocycles. The third-order valence-electron chi connectivity index (χ3n) is 5.12. The number of carbonyl (C=O) groups excluding carboxylic acids is 1. The Morgan fingerprint density at radius 1 is 0.970 bits per heavy atom. The molecule has 0 spiro atoms. The minimum Gasteiger partial charge on any atom is -0.478 e. The van der Waals surface area contributed by atoms with Crippen LogP contribution in [-0.4, -0.2) is 21.6 Å². The third kappa shape index (κ3) is 4.70. The summed E-state index contributed by atoms with van der Waals surface area (Å²) in [6, 6.07) is 17.3. The van der Waals surface area contributed by atoms with E-state index in [1.165, 1.54) is 24.3 Å². The van der Waals surface area contributed by atoms with E-state index in [2.05, 4.69) is 5.32 Å². The molecule has 0 aliphatic heterocycles. The number of hydrogen-bond acceptors (Lipinski definition) is 2. The number of halogens is 4. The maximum absolute atomic E-state index is 13.1. The third-order valence-corrected chi connectivity index (χ3v) is 5.36. The first-order valence-electron chi connectivity index (χ1n) is 9.72. The number of benzene rings is 3. The molecule has 0 aliphatic carbocycles. The predicted octanol–water partition coefficient (Wildman–Crippen LogP) is 6.31. The highest BCUT2D eigenvalue weighted by atomic mass is 35.5. The Labute approximate surface area is 191 Å². The number of aromatic carboxylic acids is 1. The molecular formula is C24H16ClF3N2O3. The maximum atomic E-state index is 13.1. The molecule has 168 valence electrons. The predicted molar refractivity (Wildman–Crippen MR) is 119 cm³/mol. The molecule has 0 atom stereocenters. The van der Waals surface area contributed by atoms with Crippen LogP contribution in [0.1, 0.15) is 32.0 Å². The Bertz CT molecular complexity index is 1360. The SMILES string of the molecule is O=C(O)c1ccccc1NC(=O)c1cc2cc(Cl)ccc2n1Cc1ccc(C(F)(F)F)cc1. The van der Waals surface area contributed by atoms with Crippen molar-refractivity contribution < 1.29 is 27.9 Å². The fourth-order valence-electron chi connectivity index (χ4n) is 3.55. The van der Waals surface area contributed by atoms with Gasteiger partial charge in [-0.1, -0.05) is 35.9 Å². The molecule has 4 rings (SSSR count). The van der Waals surface area contributed by atoms with E-state index >= 15 is 0 Å². The molecule has 5 nitrogen and oxygen atoms in total. The lowest BCUT2D eigenvalue weighted by molar-refractivity contribution is -0.137. The van der Waals surface area contributed by atoms with Gasteiger partial charge in [-0.15, -0.1) is 0 Å². The summed E-state index contributed by atoms with van der Waals surface area (Å²) in [7, 11) is 0. The van der Waals surface area contributed by atoms with E-state index < -0.39 is 23.6 Å². The number of rotatable bonds is 5. The van der Waals surface area contributed by atoms with Crippen molar-refractivity contribution in [2.24, 2.45) is 0 Å². The topological polar surface area (TPSA) is 71.3 Å². The van der Waals surface area contributed by atoms with Gasteiger partial charge >= 0.3 is 12.1 Å². The van der Waals surface area contributed by atoms with Gasteiger partial charge < -0.3 is 15.0 Å². The van der Waals surface area contributed by atoms with Crippen LogP contribution in [0, 0.1) is 0 Å². The zero-order valence-electron chi connectivity index (χ0n) is 16.9. The normalized spacial score (nSPS) is 11.5. The maximum Gasteiger partial charge on any atom is 0.416 e. The number of nitrogens with one attached hydrogen (secondary N) is 1. The number of carboxylic acids is 1. The average molecular weight is 473 g/mol. The van der Waals surface area contributed by atoms with E-state index in [0.717, 1.165) is 12.1 Å². The second kappa shape index (κ2) is 8.63. The molecule has 3 aromatic carbocycles. The van der Waals surface area contributed by atoms with Gasteiger partial charge in [-0.3, -0.25) is 4.79 Å². The molecule has 1 aromatic heterocycles. The molecule has 33 heavy (non-hydrogen) atoms. The molecule has 0 fully saturated rings. The summed E-state index contributed by atoms with van der Waals surface area (Å²) in [6.07, 6.45) is -4.45. The minimum atomic E-state index is -4.45. The highest BCUT2D eigenvalue weighted by Gasteiger charge is 2.30. The Morgan fingerprint density at radius 2 is 1.67 bits per heavy atom. The molecule has 0 unspecified atom stereocenters. The van der Waals surface area contributed by atoms with Crippen LogP contribution in [0.3, 0.4) is 0 Å². The summed E-state index contributed by atoms with van der Waals surface area (Å²) in [5.74, 6) is -1.76. The summed E-state index contributed by atoms with van der Waals surface area (Å²) >= 11 is 6.08. The summed E-state index contributed by atoms with van der Waals surface area (Å²) in [4.78, 5) is 24.6. The second-order valence-electron chi connectivity index (χ2n) is 7.32. The van der Waals surface area contributed by atoms with Crippen molar-refractivity contribution in [2.45, 2.75) is 12.7 Å². The zero-order valence-corrected chi connectivity index (χ0v) is 17.6. The molecule has 9 heteroatoms. The fourth-order valence-corrected chi connectivity index (χ4v) is 3.73. The summed E-state index contributed by atoms with van der Waals surface area (Å²) in [5, 5.41) is 13.1. The smallest absolute Gasteiger partial charge is 0.416 e. The van der Waals surface area contributed by atoms with Crippen molar-refractivity contribution in [3.63, 3.8) is 0 Å². The van der Waals surface area contributed by atoms with Crippen molar-refractivity contribution >= 4 is 40.1 Å². The molecule has 0 radical (unpaired) electrons. The number of aromatic nitrogens is 1. The summed E-state index contributed by atoms with van der Waals surface area (Å²) in [5.41, 5.74) is 0.691. The van der Waals surface area contributed by atoms with Crippen molar-refractivity contribution in [1.29, 1.82) is 0 Å². The van der Waals surface area contributed by atoms with Crippen LogP contribution in [0.5, 0.6) is 0 Å². The number of para-hydroxylation sites is 1. The molecule has 1 amide bonds. The van der Waals surface area contributed by atoms with Crippen LogP contribution in [0.4, 0.5) is 18.9 Å². The molecule has 0 saturated carbocycles. The number of hydrogen-bond donors (Lipinski definition) is 2. The number of carbonyl (C=O) groups is 2. The Morgan fingerprint density at radius 3 is 2.33 bits per heavy atom. The average Bonchev–Trinajstić information content (AvgIpc) is 3.11. The van der Waals surface area contributed by atoms with E-state index in [-0.39, 0.29) is 23.5 Å². The lowest BCUT2D eigenvalue weighted by Gasteiger charge is -2.13. The molecular weight excluding hydrogens is 457 g/mol. The van der Waals surface area contributed by atoms with E-state index in [0.29, 0.717) is 21.5 Å². The minimum absolute atomic E-state index is 0.0701. The van der Waals surface area contributed by atoms with Crippen LogP contribution >= 0.6 is 11.6 Å². The van der Waals surface area contributed by atoms with E-state index in [1.54, 1.807) is 41.0 Å². The zero-order chi connectivity index (χ0) is 23.8. The van der Waals surface area contributed by atoms with Gasteiger partial charge in [0.2, 0.25) is 0 Å². The first kappa shape index (κ1) is 22.4. The van der Waals surface area contributed by atoms with Crippen molar-refractivity contribution in [1.82, 2.24) is 4.57 Å². The largest absolute Gasteiger partial charge is 0.478 e. The van der Waals surface area contributed by atoms with Crippen LogP contribution < -0.4 is 5.32 Å². The first-order chi connectivity index (χ1) is 15.6. The van der Waals surface area contributed by atoms with Gasteiger partial charge in [-0.25, -0.2) is 4.79 Å². The number of carboxylic acid groups (broad SMARTS) is 1. The Kier molecular flexibility index (Phi) is 5.86. The number of fused-ring (bicyclic) bond motifs is 1. The number of amides is 1. The van der Waals surface area contributed by atoms with Gasteiger partial charge in [-0.05, 0) is 54.1 Å². The number of nitrogens with zero attached hydrogens (tertiary/aromatic N) is 1. The van der Waals surface area contributed by atoms with E-state index in [4.69, 9.17) is 11.6 Å². The van der Waals surface area contributed by atoms with Gasteiger partial charge in [0.15, 0.2) is 0 Å². The second-order valence-corrected chi connectivity index (χ2v) is 7.75. The standard InChI is InChI=1S/C24H16ClF3N2O3/c25-17-9-10-20-15(11-17)12-21(22(31)29-19-4-2-1-3-18(19)23(32)33)30(20)13-14-5-7-16(8-6-14)24(26,27)28/h1-12H,13H2,(H,29,31)(H,32,33). The van der Waals surface area contributed by atoms with Gasteiger partial charge in [-0.2, -0.15) is 13.2 Å². The van der Waals surface area contributed by atoms with Crippen LogP contribution in [0.15, 0.2) is 72.8 Å². The monoisotopic (exact) mass is 472 g/mol.